The normalized spacial score (nSPS) is 37.2. The Morgan fingerprint density at radius 1 is 0.889 bits per heavy atom. The summed E-state index contributed by atoms with van der Waals surface area (Å²) in [6.07, 6.45) is 15.7. The number of hydrogen-bond acceptors (Lipinski definition) is 2. The van der Waals surface area contributed by atoms with Crippen molar-refractivity contribution in [2.45, 2.75) is 82.2 Å². The summed E-state index contributed by atoms with van der Waals surface area (Å²) in [7, 11) is 0. The van der Waals surface area contributed by atoms with Crippen molar-refractivity contribution in [1.29, 1.82) is 0 Å². The average Bonchev–Trinajstić information content (AvgIpc) is 2.76. The summed E-state index contributed by atoms with van der Waals surface area (Å²) in [5, 5.41) is 0. The van der Waals surface area contributed by atoms with Crippen LogP contribution in [0.2, 0.25) is 0 Å². The maximum absolute atomic E-state index is 6.28. The second-order valence-corrected chi connectivity index (χ2v) is 6.94. The van der Waals surface area contributed by atoms with Crippen LogP contribution in [0.1, 0.15) is 70.6 Å². The molecule has 2 heteroatoms. The number of nitrogens with two attached hydrogens (primary N) is 1. The molecule has 0 aromatic carbocycles. The molecule has 3 fully saturated rings. The number of likely N-dealkylation sites (tertiary alicyclic amines) is 1. The lowest BCUT2D eigenvalue weighted by molar-refractivity contribution is -0.00593. The topological polar surface area (TPSA) is 29.3 Å². The van der Waals surface area contributed by atoms with Gasteiger partial charge in [-0.3, -0.25) is 4.90 Å². The first kappa shape index (κ1) is 12.9. The van der Waals surface area contributed by atoms with Crippen molar-refractivity contribution in [2.24, 2.45) is 11.7 Å². The molecule has 0 amide bonds. The molecule has 2 atom stereocenters. The Morgan fingerprint density at radius 2 is 1.61 bits per heavy atom. The van der Waals surface area contributed by atoms with Gasteiger partial charge in [0.2, 0.25) is 0 Å². The zero-order valence-electron chi connectivity index (χ0n) is 11.9. The monoisotopic (exact) mass is 250 g/mol. The minimum atomic E-state index is 0.379. The van der Waals surface area contributed by atoms with Crippen LogP contribution in [0.4, 0.5) is 0 Å². The van der Waals surface area contributed by atoms with Crippen LogP contribution in [-0.2, 0) is 0 Å². The van der Waals surface area contributed by atoms with Crippen molar-refractivity contribution in [1.82, 2.24) is 4.90 Å². The van der Waals surface area contributed by atoms with Gasteiger partial charge in [-0.2, -0.15) is 0 Å². The average molecular weight is 250 g/mol. The molecule has 1 heterocycles. The van der Waals surface area contributed by atoms with Gasteiger partial charge < -0.3 is 5.73 Å². The number of fused-ring (bicyclic) bond motifs is 1. The molecule has 18 heavy (non-hydrogen) atoms. The third-order valence-corrected chi connectivity index (χ3v) is 6.02. The first-order valence-corrected chi connectivity index (χ1v) is 8.33. The fourth-order valence-electron chi connectivity index (χ4n) is 5.04. The molecule has 1 aliphatic heterocycles. The van der Waals surface area contributed by atoms with Crippen molar-refractivity contribution >= 4 is 0 Å². The Labute approximate surface area is 112 Å². The predicted octanol–water partition coefficient (Wildman–Crippen LogP) is 3.30. The van der Waals surface area contributed by atoms with Gasteiger partial charge in [0.1, 0.15) is 0 Å². The van der Waals surface area contributed by atoms with Gasteiger partial charge >= 0.3 is 0 Å². The lowest BCUT2D eigenvalue weighted by Crippen LogP contribution is -2.60. The highest BCUT2D eigenvalue weighted by molar-refractivity contribution is 5.01. The number of nitrogens with zero attached hydrogens (tertiary/aromatic N) is 1. The van der Waals surface area contributed by atoms with Crippen LogP contribution in [0.5, 0.6) is 0 Å². The van der Waals surface area contributed by atoms with E-state index >= 15 is 0 Å². The number of piperidine rings is 1. The molecule has 2 N–H and O–H groups in total. The molecule has 2 saturated carbocycles. The van der Waals surface area contributed by atoms with Crippen LogP contribution in [0.15, 0.2) is 0 Å². The summed E-state index contributed by atoms with van der Waals surface area (Å²) < 4.78 is 0. The predicted molar refractivity (Wildman–Crippen MR) is 76.6 cm³/mol. The smallest absolute Gasteiger partial charge is 0.0334 e. The summed E-state index contributed by atoms with van der Waals surface area (Å²) in [4.78, 5) is 2.90. The van der Waals surface area contributed by atoms with Crippen LogP contribution in [0, 0.1) is 5.92 Å². The second kappa shape index (κ2) is 5.50. The van der Waals surface area contributed by atoms with Crippen molar-refractivity contribution in [3.8, 4) is 0 Å². The van der Waals surface area contributed by atoms with E-state index in [0.29, 0.717) is 5.54 Å². The quantitative estimate of drug-likeness (QED) is 0.762. The first-order valence-electron chi connectivity index (χ1n) is 8.33. The fraction of sp³-hybridized carbons (Fsp3) is 1.00. The van der Waals surface area contributed by atoms with Gasteiger partial charge in [-0.25, -0.2) is 0 Å². The highest BCUT2D eigenvalue weighted by atomic mass is 15.2. The molecule has 0 aromatic heterocycles. The molecular weight excluding hydrogens is 220 g/mol. The van der Waals surface area contributed by atoms with Crippen LogP contribution < -0.4 is 5.73 Å². The van der Waals surface area contributed by atoms with Crippen molar-refractivity contribution in [3.05, 3.63) is 0 Å². The molecule has 3 rings (SSSR count). The second-order valence-electron chi connectivity index (χ2n) is 6.94. The Hall–Kier alpha value is -0.0800. The van der Waals surface area contributed by atoms with Crippen LogP contribution >= 0.6 is 0 Å². The zero-order chi connectivity index (χ0) is 12.4. The Balaban J connectivity index is 1.80. The van der Waals surface area contributed by atoms with Gasteiger partial charge in [0.25, 0.3) is 0 Å². The van der Waals surface area contributed by atoms with Crippen molar-refractivity contribution < 1.29 is 0 Å². The molecule has 2 aliphatic carbocycles. The molecule has 0 bridgehead atoms. The SMILES string of the molecule is NCC1(N2CCCC3CCCC32)CCCCCC1. The third kappa shape index (κ3) is 2.22. The lowest BCUT2D eigenvalue weighted by Gasteiger charge is -2.51. The largest absolute Gasteiger partial charge is 0.329 e. The Morgan fingerprint density at radius 3 is 2.33 bits per heavy atom. The Kier molecular flexibility index (Phi) is 3.95. The van der Waals surface area contributed by atoms with E-state index in [-0.39, 0.29) is 0 Å². The molecule has 0 aromatic rings. The van der Waals surface area contributed by atoms with Gasteiger partial charge in [0.15, 0.2) is 0 Å². The van der Waals surface area contributed by atoms with Gasteiger partial charge in [0.05, 0.1) is 0 Å². The van der Waals surface area contributed by atoms with Crippen LogP contribution in [-0.4, -0.2) is 29.6 Å². The van der Waals surface area contributed by atoms with Crippen LogP contribution in [0.3, 0.4) is 0 Å². The highest BCUT2D eigenvalue weighted by Crippen LogP contribution is 2.43. The van der Waals surface area contributed by atoms with E-state index in [4.69, 9.17) is 5.73 Å². The van der Waals surface area contributed by atoms with Crippen molar-refractivity contribution in [3.63, 3.8) is 0 Å². The van der Waals surface area contributed by atoms with Gasteiger partial charge in [-0.15, -0.1) is 0 Å². The maximum atomic E-state index is 6.28. The van der Waals surface area contributed by atoms with E-state index in [0.717, 1.165) is 18.5 Å². The highest BCUT2D eigenvalue weighted by Gasteiger charge is 2.44. The summed E-state index contributed by atoms with van der Waals surface area (Å²) in [6, 6.07) is 0.889. The summed E-state index contributed by atoms with van der Waals surface area (Å²) in [5.74, 6) is 1.01. The maximum Gasteiger partial charge on any atom is 0.0334 e. The Bertz CT molecular complexity index is 268. The molecule has 2 nitrogen and oxygen atoms in total. The molecule has 1 saturated heterocycles. The van der Waals surface area contributed by atoms with E-state index in [1.807, 2.05) is 0 Å². The summed E-state index contributed by atoms with van der Waals surface area (Å²) >= 11 is 0. The summed E-state index contributed by atoms with van der Waals surface area (Å²) in [5.41, 5.74) is 6.66. The summed E-state index contributed by atoms with van der Waals surface area (Å²) in [6.45, 7) is 2.23. The minimum Gasteiger partial charge on any atom is -0.329 e. The van der Waals surface area contributed by atoms with Crippen LogP contribution in [0.25, 0.3) is 0 Å². The van der Waals surface area contributed by atoms with E-state index in [2.05, 4.69) is 4.90 Å². The van der Waals surface area contributed by atoms with Gasteiger partial charge in [-0.1, -0.05) is 32.1 Å². The van der Waals surface area contributed by atoms with Gasteiger partial charge in [0, 0.05) is 18.1 Å². The van der Waals surface area contributed by atoms with Gasteiger partial charge in [-0.05, 0) is 51.0 Å². The van der Waals surface area contributed by atoms with Crippen molar-refractivity contribution in [2.75, 3.05) is 13.1 Å². The van der Waals surface area contributed by atoms with E-state index in [1.165, 1.54) is 77.2 Å². The van der Waals surface area contributed by atoms with E-state index in [9.17, 15) is 0 Å². The molecule has 2 unspecified atom stereocenters. The standard InChI is InChI=1S/C16H30N2/c17-13-16(10-3-1-2-4-11-16)18-12-6-8-14-7-5-9-15(14)18/h14-15H,1-13,17H2. The molecule has 3 aliphatic rings. The fourth-order valence-corrected chi connectivity index (χ4v) is 5.04. The minimum absolute atomic E-state index is 0.379. The molecule has 104 valence electrons. The molecule has 0 radical (unpaired) electrons. The lowest BCUT2D eigenvalue weighted by atomic mass is 9.81. The zero-order valence-corrected chi connectivity index (χ0v) is 11.9. The third-order valence-electron chi connectivity index (χ3n) is 6.02. The molecular formula is C16H30N2. The number of hydrogen-bond donors (Lipinski definition) is 1. The molecule has 0 spiro atoms. The number of rotatable bonds is 2. The van der Waals surface area contributed by atoms with E-state index in [1.54, 1.807) is 0 Å². The van der Waals surface area contributed by atoms with E-state index < -0.39 is 0 Å². The first-order chi connectivity index (χ1) is 8.86.